The number of nitrogens with one attached hydrogen (secondary N) is 3. The summed E-state index contributed by atoms with van der Waals surface area (Å²) in [6.45, 7) is 3.98. The molecule has 2 heterocycles. The number of ether oxygens (including phenoxy) is 1. The van der Waals surface area contributed by atoms with Gasteiger partial charge >= 0.3 is 5.97 Å². The standard InChI is InChI=1S/C23H24F2N4O3/c1-32-23(31)22-21(18-14-16(25)4-7-19(18)26-22)27-20(30)8-9-28-10-12-29(13-11-28)17-5-2-15(24)3-6-17/h2-7,14,26H,8-13H2,1H3,(H,27,30)/p+1. The van der Waals surface area contributed by atoms with Gasteiger partial charge in [0.2, 0.25) is 5.91 Å². The summed E-state index contributed by atoms with van der Waals surface area (Å²) < 4.78 is 31.6. The van der Waals surface area contributed by atoms with Gasteiger partial charge in [-0.2, -0.15) is 0 Å². The van der Waals surface area contributed by atoms with E-state index in [0.29, 0.717) is 17.4 Å². The predicted molar refractivity (Wildman–Crippen MR) is 117 cm³/mol. The summed E-state index contributed by atoms with van der Waals surface area (Å²) in [6.07, 6.45) is 0.258. The van der Waals surface area contributed by atoms with Crippen molar-refractivity contribution in [1.29, 1.82) is 0 Å². The molecule has 1 saturated heterocycles. The van der Waals surface area contributed by atoms with Crippen LogP contribution in [0, 0.1) is 11.6 Å². The smallest absolute Gasteiger partial charge is 0.356 e. The van der Waals surface area contributed by atoms with Crippen molar-refractivity contribution in [2.24, 2.45) is 0 Å². The van der Waals surface area contributed by atoms with Crippen LogP contribution in [0.25, 0.3) is 10.9 Å². The molecule has 1 fully saturated rings. The Bertz CT molecular complexity index is 1120. The van der Waals surface area contributed by atoms with Crippen molar-refractivity contribution in [2.45, 2.75) is 6.42 Å². The van der Waals surface area contributed by atoms with Crippen molar-refractivity contribution in [3.8, 4) is 0 Å². The Balaban J connectivity index is 1.35. The zero-order chi connectivity index (χ0) is 22.7. The summed E-state index contributed by atoms with van der Waals surface area (Å²) in [6, 6.07) is 10.5. The van der Waals surface area contributed by atoms with Crippen molar-refractivity contribution in [3.63, 3.8) is 0 Å². The zero-order valence-corrected chi connectivity index (χ0v) is 17.7. The molecule has 3 aromatic rings. The normalized spacial score (nSPS) is 14.5. The van der Waals surface area contributed by atoms with Crippen LogP contribution in [0.1, 0.15) is 16.9 Å². The van der Waals surface area contributed by atoms with Crippen LogP contribution in [0.15, 0.2) is 42.5 Å². The monoisotopic (exact) mass is 443 g/mol. The minimum absolute atomic E-state index is 0.0849. The number of carbonyl (C=O) groups is 2. The molecule has 0 radical (unpaired) electrons. The van der Waals surface area contributed by atoms with Crippen LogP contribution >= 0.6 is 0 Å². The van der Waals surface area contributed by atoms with Gasteiger partial charge in [-0.25, -0.2) is 13.6 Å². The summed E-state index contributed by atoms with van der Waals surface area (Å²) in [7, 11) is 1.25. The van der Waals surface area contributed by atoms with Gasteiger partial charge in [-0.1, -0.05) is 0 Å². The number of methoxy groups -OCH3 is 1. The number of quaternary nitrogens is 1. The summed E-state index contributed by atoms with van der Waals surface area (Å²) in [5, 5.41) is 3.17. The first-order valence-electron chi connectivity index (χ1n) is 10.5. The Kier molecular flexibility index (Phi) is 6.36. The highest BCUT2D eigenvalue weighted by Gasteiger charge is 2.23. The zero-order valence-electron chi connectivity index (χ0n) is 17.7. The first-order chi connectivity index (χ1) is 15.4. The number of esters is 1. The first-order valence-corrected chi connectivity index (χ1v) is 10.5. The highest BCUT2D eigenvalue weighted by Crippen LogP contribution is 2.29. The molecule has 7 nitrogen and oxygen atoms in total. The fourth-order valence-electron chi connectivity index (χ4n) is 4.02. The van der Waals surface area contributed by atoms with Crippen LogP contribution in [0.2, 0.25) is 0 Å². The molecule has 0 saturated carbocycles. The van der Waals surface area contributed by atoms with Crippen LogP contribution in [-0.2, 0) is 9.53 Å². The minimum Gasteiger partial charge on any atom is -0.464 e. The molecular weight excluding hydrogens is 418 g/mol. The first kappa shape index (κ1) is 21.8. The van der Waals surface area contributed by atoms with Crippen LogP contribution in [-0.4, -0.2) is 56.7 Å². The van der Waals surface area contributed by atoms with Gasteiger partial charge in [0.25, 0.3) is 0 Å². The predicted octanol–water partition coefficient (Wildman–Crippen LogP) is 1.97. The highest BCUT2D eigenvalue weighted by molar-refractivity contribution is 6.10. The molecule has 0 aliphatic carbocycles. The third kappa shape index (κ3) is 4.72. The molecule has 1 aliphatic rings. The molecule has 1 aromatic heterocycles. The van der Waals surface area contributed by atoms with Crippen molar-refractivity contribution >= 4 is 34.2 Å². The molecule has 3 N–H and O–H groups in total. The van der Waals surface area contributed by atoms with Crippen molar-refractivity contribution in [1.82, 2.24) is 4.98 Å². The van der Waals surface area contributed by atoms with Gasteiger partial charge in [0.1, 0.15) is 17.3 Å². The summed E-state index contributed by atoms with van der Waals surface area (Å²) in [4.78, 5) is 31.1. The van der Waals surface area contributed by atoms with Gasteiger partial charge in [-0.05, 0) is 42.5 Å². The topological polar surface area (TPSA) is 78.9 Å². The van der Waals surface area contributed by atoms with E-state index in [4.69, 9.17) is 4.74 Å². The van der Waals surface area contributed by atoms with Crippen LogP contribution in [0.3, 0.4) is 0 Å². The molecule has 2 aromatic carbocycles. The second kappa shape index (κ2) is 9.35. The lowest BCUT2D eigenvalue weighted by molar-refractivity contribution is -0.900. The molecule has 168 valence electrons. The maximum Gasteiger partial charge on any atom is 0.356 e. The number of hydrogen-bond acceptors (Lipinski definition) is 4. The summed E-state index contributed by atoms with van der Waals surface area (Å²) in [5.74, 6) is -1.61. The largest absolute Gasteiger partial charge is 0.464 e. The van der Waals surface area contributed by atoms with Crippen LogP contribution in [0.4, 0.5) is 20.2 Å². The molecule has 32 heavy (non-hydrogen) atoms. The van der Waals surface area contributed by atoms with Gasteiger partial charge < -0.3 is 24.8 Å². The number of amides is 1. The molecule has 0 unspecified atom stereocenters. The number of carbonyl (C=O) groups excluding carboxylic acids is 2. The van der Waals surface area contributed by atoms with Crippen molar-refractivity contribution in [3.05, 3.63) is 59.8 Å². The maximum absolute atomic E-state index is 13.7. The lowest BCUT2D eigenvalue weighted by Gasteiger charge is -2.33. The minimum atomic E-state index is -0.639. The number of piperazine rings is 1. The molecule has 1 aliphatic heterocycles. The van der Waals surface area contributed by atoms with E-state index in [1.807, 2.05) is 0 Å². The number of hydrogen-bond donors (Lipinski definition) is 3. The third-order valence-corrected chi connectivity index (χ3v) is 5.78. The van der Waals surface area contributed by atoms with Gasteiger partial charge in [-0.3, -0.25) is 4.79 Å². The Morgan fingerprint density at radius 1 is 1.09 bits per heavy atom. The number of fused-ring (bicyclic) bond motifs is 1. The molecule has 0 spiro atoms. The van der Waals surface area contributed by atoms with E-state index in [1.54, 1.807) is 12.1 Å². The maximum atomic E-state index is 13.7. The third-order valence-electron chi connectivity index (χ3n) is 5.78. The van der Waals surface area contributed by atoms with E-state index in [1.165, 1.54) is 42.3 Å². The Labute approximate surface area is 183 Å². The van der Waals surface area contributed by atoms with E-state index < -0.39 is 11.8 Å². The SMILES string of the molecule is COC(=O)c1[nH]c2ccc(F)cc2c1NC(=O)CC[NH+]1CCN(c2ccc(F)cc2)CC1. The lowest BCUT2D eigenvalue weighted by Crippen LogP contribution is -3.15. The number of nitrogens with zero attached hydrogens (tertiary/aromatic N) is 1. The van der Waals surface area contributed by atoms with Gasteiger partial charge in [0.05, 0.1) is 51.9 Å². The molecule has 9 heteroatoms. The van der Waals surface area contributed by atoms with E-state index in [2.05, 4.69) is 15.2 Å². The fraction of sp³-hybridized carbons (Fsp3) is 0.304. The van der Waals surface area contributed by atoms with E-state index in [-0.39, 0.29) is 29.5 Å². The number of anilines is 2. The Morgan fingerprint density at radius 3 is 2.47 bits per heavy atom. The Hall–Kier alpha value is -3.46. The molecular formula is C23H25F2N4O3+. The number of aromatic amines is 1. The highest BCUT2D eigenvalue weighted by atomic mass is 19.1. The molecule has 4 rings (SSSR count). The van der Waals surface area contributed by atoms with E-state index >= 15 is 0 Å². The quantitative estimate of drug-likeness (QED) is 0.509. The molecule has 0 bridgehead atoms. The number of benzene rings is 2. The number of halogens is 2. The van der Waals surface area contributed by atoms with Crippen molar-refractivity contribution in [2.75, 3.05) is 50.1 Å². The van der Waals surface area contributed by atoms with Crippen LogP contribution in [0.5, 0.6) is 0 Å². The average molecular weight is 443 g/mol. The second-order valence-corrected chi connectivity index (χ2v) is 7.82. The number of H-pyrrole nitrogens is 1. The number of aromatic nitrogens is 1. The molecule has 1 amide bonds. The van der Waals surface area contributed by atoms with Gasteiger partial charge in [-0.15, -0.1) is 0 Å². The average Bonchev–Trinajstić information content (AvgIpc) is 3.15. The summed E-state index contributed by atoms with van der Waals surface area (Å²) in [5.41, 5.74) is 1.84. The second-order valence-electron chi connectivity index (χ2n) is 7.82. The van der Waals surface area contributed by atoms with E-state index in [9.17, 15) is 18.4 Å². The van der Waals surface area contributed by atoms with Crippen molar-refractivity contribution < 1.29 is 28.0 Å². The number of rotatable bonds is 6. The Morgan fingerprint density at radius 2 is 1.78 bits per heavy atom. The molecule has 0 atom stereocenters. The summed E-state index contributed by atoms with van der Waals surface area (Å²) >= 11 is 0. The van der Waals surface area contributed by atoms with E-state index in [0.717, 1.165) is 31.9 Å². The van der Waals surface area contributed by atoms with Crippen LogP contribution < -0.4 is 15.1 Å². The van der Waals surface area contributed by atoms with Gasteiger partial charge in [0, 0.05) is 16.6 Å². The van der Waals surface area contributed by atoms with Gasteiger partial charge in [0.15, 0.2) is 0 Å². The fourth-order valence-corrected chi connectivity index (χ4v) is 4.02. The lowest BCUT2D eigenvalue weighted by atomic mass is 10.2.